The molecule has 1 saturated heterocycles. The maximum Gasteiger partial charge on any atom is 0.261 e. The first kappa shape index (κ1) is 21.9. The van der Waals surface area contributed by atoms with Crippen LogP contribution in [0.2, 0.25) is 0 Å². The van der Waals surface area contributed by atoms with E-state index in [9.17, 15) is 13.2 Å². The number of nitrogens with one attached hydrogen (secondary N) is 2. The summed E-state index contributed by atoms with van der Waals surface area (Å²) in [7, 11) is -0.303. The molecule has 0 aromatic heterocycles. The number of ether oxygens (including phenoxy) is 2. The molecule has 2 N–H and O–H groups in total. The Morgan fingerprint density at radius 1 is 1.10 bits per heavy atom. The number of anilines is 2. The first-order valence-electron chi connectivity index (χ1n) is 9.70. The monoisotopic (exact) mass is 433 g/mol. The predicted molar refractivity (Wildman–Crippen MR) is 116 cm³/mol. The molecule has 2 aromatic rings. The molecule has 162 valence electrons. The predicted octanol–water partition coefficient (Wildman–Crippen LogP) is 2.93. The third kappa shape index (κ3) is 5.64. The van der Waals surface area contributed by atoms with Crippen molar-refractivity contribution in [3.8, 4) is 11.5 Å². The van der Waals surface area contributed by atoms with Gasteiger partial charge in [0.25, 0.3) is 10.0 Å². The summed E-state index contributed by atoms with van der Waals surface area (Å²) in [6.45, 7) is 3.35. The number of methoxy groups -OCH3 is 1. The van der Waals surface area contributed by atoms with Gasteiger partial charge in [0, 0.05) is 25.7 Å². The second-order valence-corrected chi connectivity index (χ2v) is 8.98. The van der Waals surface area contributed by atoms with Gasteiger partial charge in [-0.1, -0.05) is 0 Å². The zero-order valence-corrected chi connectivity index (χ0v) is 18.2. The van der Waals surface area contributed by atoms with Gasteiger partial charge in [-0.05, 0) is 62.4 Å². The van der Waals surface area contributed by atoms with Gasteiger partial charge in [0.2, 0.25) is 5.91 Å². The minimum absolute atomic E-state index is 0.0127. The van der Waals surface area contributed by atoms with E-state index in [4.69, 9.17) is 9.47 Å². The van der Waals surface area contributed by atoms with Crippen molar-refractivity contribution in [3.05, 3.63) is 42.5 Å². The summed E-state index contributed by atoms with van der Waals surface area (Å²) in [4.78, 5) is 13.7. The van der Waals surface area contributed by atoms with Gasteiger partial charge >= 0.3 is 0 Å². The maximum absolute atomic E-state index is 12.8. The number of hydrogen-bond donors (Lipinski definition) is 2. The van der Waals surface area contributed by atoms with E-state index in [0.717, 1.165) is 25.9 Å². The molecule has 0 aliphatic carbocycles. The third-order valence-electron chi connectivity index (χ3n) is 4.87. The van der Waals surface area contributed by atoms with Crippen LogP contribution in [0.25, 0.3) is 0 Å². The van der Waals surface area contributed by atoms with Crippen LogP contribution in [0, 0.1) is 0 Å². The van der Waals surface area contributed by atoms with Crippen molar-refractivity contribution in [2.75, 3.05) is 37.3 Å². The summed E-state index contributed by atoms with van der Waals surface area (Å²) >= 11 is 0. The largest absolute Gasteiger partial charge is 0.495 e. The third-order valence-corrected chi connectivity index (χ3v) is 6.25. The SMILES string of the molecule is COc1ccc(S(=O)(=O)Nc2ccc(OC3CCN(C)CC3)cc2)cc1NC(C)=O. The quantitative estimate of drug-likeness (QED) is 0.697. The number of carbonyl (C=O) groups is 1. The topological polar surface area (TPSA) is 97.0 Å². The van der Waals surface area contributed by atoms with Crippen LogP contribution in [-0.2, 0) is 14.8 Å². The highest BCUT2D eigenvalue weighted by Gasteiger charge is 2.19. The van der Waals surface area contributed by atoms with E-state index in [0.29, 0.717) is 17.2 Å². The van der Waals surface area contributed by atoms with Crippen molar-refractivity contribution in [1.82, 2.24) is 4.90 Å². The summed E-state index contributed by atoms with van der Waals surface area (Å²) in [6.07, 6.45) is 2.12. The average Bonchev–Trinajstić information content (AvgIpc) is 2.70. The van der Waals surface area contributed by atoms with Crippen LogP contribution in [0.5, 0.6) is 11.5 Å². The zero-order chi connectivity index (χ0) is 21.7. The maximum atomic E-state index is 12.8. The number of hydrogen-bond acceptors (Lipinski definition) is 6. The Morgan fingerprint density at radius 2 is 1.77 bits per heavy atom. The Labute approximate surface area is 177 Å². The molecule has 0 atom stereocenters. The fourth-order valence-electron chi connectivity index (χ4n) is 3.25. The molecule has 30 heavy (non-hydrogen) atoms. The van der Waals surface area contributed by atoms with E-state index < -0.39 is 10.0 Å². The van der Waals surface area contributed by atoms with Gasteiger partial charge in [0.1, 0.15) is 17.6 Å². The smallest absolute Gasteiger partial charge is 0.261 e. The summed E-state index contributed by atoms with van der Waals surface area (Å²) in [5.41, 5.74) is 0.706. The molecule has 0 radical (unpaired) electrons. The molecular formula is C21H27N3O5S. The number of benzene rings is 2. The standard InChI is InChI=1S/C21H27N3O5S/c1-15(25)22-20-14-19(8-9-21(20)28-3)30(26,27)23-16-4-6-17(7-5-16)29-18-10-12-24(2)13-11-18/h4-9,14,18,23H,10-13H2,1-3H3,(H,22,25). The molecule has 1 heterocycles. The molecule has 0 saturated carbocycles. The second-order valence-electron chi connectivity index (χ2n) is 7.29. The van der Waals surface area contributed by atoms with Gasteiger partial charge in [-0.25, -0.2) is 8.42 Å². The number of carbonyl (C=O) groups excluding carboxylic acids is 1. The molecular weight excluding hydrogens is 406 g/mol. The van der Waals surface area contributed by atoms with Gasteiger partial charge in [0.05, 0.1) is 17.7 Å². The Hall–Kier alpha value is -2.78. The molecule has 8 nitrogen and oxygen atoms in total. The first-order chi connectivity index (χ1) is 14.3. The van der Waals surface area contributed by atoms with E-state index in [1.54, 1.807) is 24.3 Å². The summed E-state index contributed by atoms with van der Waals surface area (Å²) < 4.78 is 39.2. The lowest BCUT2D eigenvalue weighted by Crippen LogP contribution is -2.35. The number of amides is 1. The van der Waals surface area contributed by atoms with Crippen molar-refractivity contribution < 1.29 is 22.7 Å². The lowest BCUT2D eigenvalue weighted by atomic mass is 10.1. The summed E-state index contributed by atoms with van der Waals surface area (Å²) in [5, 5.41) is 2.57. The second kappa shape index (κ2) is 9.36. The molecule has 0 bridgehead atoms. The van der Waals surface area contributed by atoms with Crippen molar-refractivity contribution >= 4 is 27.3 Å². The molecule has 3 rings (SSSR count). The van der Waals surface area contributed by atoms with E-state index >= 15 is 0 Å². The van der Waals surface area contributed by atoms with Crippen LogP contribution in [0.15, 0.2) is 47.4 Å². The Balaban J connectivity index is 1.70. The Kier molecular flexibility index (Phi) is 6.84. The van der Waals surface area contributed by atoms with Crippen molar-refractivity contribution in [1.29, 1.82) is 0 Å². The van der Waals surface area contributed by atoms with Crippen LogP contribution < -0.4 is 19.5 Å². The molecule has 2 aromatic carbocycles. The zero-order valence-electron chi connectivity index (χ0n) is 17.3. The normalized spacial score (nSPS) is 15.4. The summed E-state index contributed by atoms with van der Waals surface area (Å²) in [6, 6.07) is 11.1. The number of sulfonamides is 1. The summed E-state index contributed by atoms with van der Waals surface area (Å²) in [5.74, 6) is 0.764. The van der Waals surface area contributed by atoms with Crippen LogP contribution in [0.1, 0.15) is 19.8 Å². The molecule has 0 spiro atoms. The highest BCUT2D eigenvalue weighted by molar-refractivity contribution is 7.92. The lowest BCUT2D eigenvalue weighted by molar-refractivity contribution is -0.114. The fourth-order valence-corrected chi connectivity index (χ4v) is 4.34. The minimum atomic E-state index is -3.85. The van der Waals surface area contributed by atoms with Gasteiger partial charge in [-0.2, -0.15) is 0 Å². The Morgan fingerprint density at radius 3 is 2.37 bits per heavy atom. The van der Waals surface area contributed by atoms with Crippen LogP contribution in [-0.4, -0.2) is 52.6 Å². The number of piperidine rings is 1. The molecule has 1 amide bonds. The lowest BCUT2D eigenvalue weighted by Gasteiger charge is -2.29. The minimum Gasteiger partial charge on any atom is -0.495 e. The molecule has 9 heteroatoms. The fraction of sp³-hybridized carbons (Fsp3) is 0.381. The number of rotatable bonds is 7. The van der Waals surface area contributed by atoms with Gasteiger partial charge in [-0.15, -0.1) is 0 Å². The van der Waals surface area contributed by atoms with E-state index in [2.05, 4.69) is 22.0 Å². The van der Waals surface area contributed by atoms with Crippen LogP contribution in [0.4, 0.5) is 11.4 Å². The van der Waals surface area contributed by atoms with E-state index in [1.807, 2.05) is 0 Å². The average molecular weight is 434 g/mol. The molecule has 1 fully saturated rings. The Bertz CT molecular complexity index is 984. The van der Waals surface area contributed by atoms with E-state index in [1.165, 1.54) is 32.2 Å². The van der Waals surface area contributed by atoms with Gasteiger partial charge in [0.15, 0.2) is 0 Å². The van der Waals surface area contributed by atoms with Crippen LogP contribution >= 0.6 is 0 Å². The number of nitrogens with zero attached hydrogens (tertiary/aromatic N) is 1. The highest BCUT2D eigenvalue weighted by Crippen LogP contribution is 2.29. The molecule has 1 aliphatic heterocycles. The van der Waals surface area contributed by atoms with Crippen molar-refractivity contribution in [2.24, 2.45) is 0 Å². The number of likely N-dealkylation sites (tertiary alicyclic amines) is 1. The van der Waals surface area contributed by atoms with Crippen molar-refractivity contribution in [3.63, 3.8) is 0 Å². The first-order valence-corrected chi connectivity index (χ1v) is 11.2. The van der Waals surface area contributed by atoms with Crippen molar-refractivity contribution in [2.45, 2.75) is 30.8 Å². The molecule has 1 aliphatic rings. The van der Waals surface area contributed by atoms with Gasteiger partial charge in [-0.3, -0.25) is 9.52 Å². The van der Waals surface area contributed by atoms with E-state index in [-0.39, 0.29) is 22.6 Å². The van der Waals surface area contributed by atoms with Gasteiger partial charge < -0.3 is 19.7 Å². The van der Waals surface area contributed by atoms with Crippen LogP contribution in [0.3, 0.4) is 0 Å². The highest BCUT2D eigenvalue weighted by atomic mass is 32.2. The molecule has 0 unspecified atom stereocenters.